The van der Waals surface area contributed by atoms with Crippen molar-refractivity contribution in [3.63, 3.8) is 0 Å². The highest BCUT2D eigenvalue weighted by Gasteiger charge is 2.46. The molecule has 5 heteroatoms. The topological polar surface area (TPSA) is 58.6 Å². The fraction of sp³-hybridized carbons (Fsp3) is 0.429. The van der Waals surface area contributed by atoms with Crippen LogP contribution in [0.2, 0.25) is 0 Å². The summed E-state index contributed by atoms with van der Waals surface area (Å²) in [5, 5.41) is 3.53. The Bertz CT molecular complexity index is 1070. The minimum absolute atomic E-state index is 0.00885. The van der Waals surface area contributed by atoms with Crippen LogP contribution in [0.4, 0.5) is 11.4 Å². The molecular weight excluding hydrogens is 412 g/mol. The number of anilines is 2. The van der Waals surface area contributed by atoms with Gasteiger partial charge in [-0.25, -0.2) is 0 Å². The number of allylic oxidation sites excluding steroid dienone is 1. The molecule has 174 valence electrons. The highest BCUT2D eigenvalue weighted by Crippen LogP contribution is 2.48. The number of ketones is 1. The molecule has 1 aliphatic carbocycles. The van der Waals surface area contributed by atoms with Gasteiger partial charge in [-0.15, -0.1) is 0 Å². The number of nitrogens with one attached hydrogen (secondary N) is 1. The first kappa shape index (κ1) is 23.1. The van der Waals surface area contributed by atoms with Crippen molar-refractivity contribution in [2.45, 2.75) is 59.4 Å². The van der Waals surface area contributed by atoms with Crippen molar-refractivity contribution in [2.24, 2.45) is 11.3 Å². The quantitative estimate of drug-likeness (QED) is 0.531. The van der Waals surface area contributed by atoms with Crippen LogP contribution in [-0.4, -0.2) is 18.3 Å². The summed E-state index contributed by atoms with van der Waals surface area (Å²) < 4.78 is 5.98. The summed E-state index contributed by atoms with van der Waals surface area (Å²) in [5.41, 5.74) is 3.18. The summed E-state index contributed by atoms with van der Waals surface area (Å²) in [5.74, 6) is 0.440. The van der Waals surface area contributed by atoms with E-state index in [1.54, 1.807) is 0 Å². The molecule has 2 aromatic carbocycles. The van der Waals surface area contributed by atoms with Gasteiger partial charge in [-0.1, -0.05) is 64.5 Å². The van der Waals surface area contributed by atoms with E-state index in [1.165, 1.54) is 0 Å². The SMILES string of the molecule is CCCCOc1cccc([C@H]2[C@H]3C(=O)CC(C)(C)C=C3Nc3ccccc3N2C(=O)CC)c1. The lowest BCUT2D eigenvalue weighted by Gasteiger charge is -2.39. The van der Waals surface area contributed by atoms with Crippen molar-refractivity contribution in [1.82, 2.24) is 0 Å². The zero-order chi connectivity index (χ0) is 23.6. The van der Waals surface area contributed by atoms with Gasteiger partial charge in [-0.2, -0.15) is 0 Å². The van der Waals surface area contributed by atoms with E-state index in [0.29, 0.717) is 19.4 Å². The summed E-state index contributed by atoms with van der Waals surface area (Å²) in [4.78, 5) is 28.9. The van der Waals surface area contributed by atoms with E-state index in [-0.39, 0.29) is 17.1 Å². The summed E-state index contributed by atoms with van der Waals surface area (Å²) in [6, 6.07) is 15.3. The zero-order valence-electron chi connectivity index (χ0n) is 20.1. The zero-order valence-corrected chi connectivity index (χ0v) is 20.1. The minimum Gasteiger partial charge on any atom is -0.494 e. The predicted molar refractivity (Wildman–Crippen MR) is 132 cm³/mol. The Hall–Kier alpha value is -3.08. The standard InChI is InChI=1S/C28H34N2O3/c1-5-7-15-33-20-12-10-11-19(16-20)27-26-22(17-28(3,4)18-24(26)31)29-21-13-8-9-14-23(21)30(27)25(32)6-2/h8-14,16-17,26-27,29H,5-7,15,18H2,1-4H3/t26-,27+/m1/s1. The second-order valence-corrected chi connectivity index (χ2v) is 9.69. The number of carbonyl (C=O) groups is 2. The number of carbonyl (C=O) groups excluding carboxylic acids is 2. The molecule has 0 bridgehead atoms. The van der Waals surface area contributed by atoms with Gasteiger partial charge in [-0.3, -0.25) is 9.59 Å². The Morgan fingerprint density at radius 2 is 1.94 bits per heavy atom. The summed E-state index contributed by atoms with van der Waals surface area (Å²) in [6.45, 7) is 8.81. The normalized spacial score (nSPS) is 21.3. The van der Waals surface area contributed by atoms with E-state index in [0.717, 1.165) is 41.2 Å². The molecule has 2 aromatic rings. The number of hydrogen-bond acceptors (Lipinski definition) is 4. The van der Waals surface area contributed by atoms with Crippen molar-refractivity contribution >= 4 is 23.1 Å². The molecule has 1 amide bonds. The molecule has 0 unspecified atom stereocenters. The van der Waals surface area contributed by atoms with Gasteiger partial charge in [0.15, 0.2) is 0 Å². The van der Waals surface area contributed by atoms with Crippen LogP contribution in [0.5, 0.6) is 5.75 Å². The van der Waals surface area contributed by atoms with Crippen molar-refractivity contribution < 1.29 is 14.3 Å². The van der Waals surface area contributed by atoms with Crippen LogP contribution in [0.25, 0.3) is 0 Å². The molecule has 0 saturated heterocycles. The maximum atomic E-state index is 13.6. The van der Waals surface area contributed by atoms with Gasteiger partial charge in [0.25, 0.3) is 0 Å². The van der Waals surface area contributed by atoms with Crippen LogP contribution < -0.4 is 15.0 Å². The molecule has 1 N–H and O–H groups in total. The van der Waals surface area contributed by atoms with Crippen LogP contribution in [0.3, 0.4) is 0 Å². The summed E-state index contributed by atoms with van der Waals surface area (Å²) >= 11 is 0. The first-order valence-electron chi connectivity index (χ1n) is 12.0. The van der Waals surface area contributed by atoms with Gasteiger partial charge in [-0.05, 0) is 41.7 Å². The second kappa shape index (κ2) is 9.42. The molecule has 0 fully saturated rings. The fourth-order valence-electron chi connectivity index (χ4n) is 4.92. The van der Waals surface area contributed by atoms with Crippen LogP contribution in [-0.2, 0) is 9.59 Å². The molecule has 0 spiro atoms. The molecule has 2 aliphatic rings. The number of benzene rings is 2. The fourth-order valence-corrected chi connectivity index (χ4v) is 4.92. The third kappa shape index (κ3) is 4.68. The maximum absolute atomic E-state index is 13.6. The number of unbranched alkanes of at least 4 members (excludes halogenated alkanes) is 1. The lowest BCUT2D eigenvalue weighted by atomic mass is 9.72. The highest BCUT2D eigenvalue weighted by atomic mass is 16.5. The Kier molecular flexibility index (Phi) is 6.59. The van der Waals surface area contributed by atoms with Crippen molar-refractivity contribution in [3.8, 4) is 5.75 Å². The number of fused-ring (bicyclic) bond motifs is 2. The average Bonchev–Trinajstić information content (AvgIpc) is 2.92. The summed E-state index contributed by atoms with van der Waals surface area (Å²) in [7, 11) is 0. The van der Waals surface area contributed by atoms with E-state index in [4.69, 9.17) is 4.74 Å². The Morgan fingerprint density at radius 3 is 2.70 bits per heavy atom. The largest absolute Gasteiger partial charge is 0.494 e. The number of hydrogen-bond donors (Lipinski definition) is 1. The number of Topliss-reactive ketones (excluding diaryl/α,β-unsaturated/α-hetero) is 1. The molecule has 4 rings (SSSR count). The average molecular weight is 447 g/mol. The molecule has 1 aliphatic heterocycles. The van der Waals surface area contributed by atoms with Crippen LogP contribution in [0.15, 0.2) is 60.3 Å². The Morgan fingerprint density at radius 1 is 1.15 bits per heavy atom. The lowest BCUT2D eigenvalue weighted by Crippen LogP contribution is -2.43. The van der Waals surface area contributed by atoms with E-state index in [1.807, 2.05) is 60.4 Å². The minimum atomic E-state index is -0.466. The number of para-hydroxylation sites is 2. The molecule has 0 aromatic heterocycles. The molecule has 0 radical (unpaired) electrons. The Labute approximate surface area is 196 Å². The molecule has 5 nitrogen and oxygen atoms in total. The maximum Gasteiger partial charge on any atom is 0.227 e. The van der Waals surface area contributed by atoms with Crippen molar-refractivity contribution in [1.29, 1.82) is 0 Å². The first-order valence-corrected chi connectivity index (χ1v) is 12.0. The number of amides is 1. The second-order valence-electron chi connectivity index (χ2n) is 9.69. The van der Waals surface area contributed by atoms with Gasteiger partial charge in [0.05, 0.1) is 29.9 Å². The third-order valence-electron chi connectivity index (χ3n) is 6.43. The van der Waals surface area contributed by atoms with E-state index < -0.39 is 12.0 Å². The number of rotatable bonds is 6. The number of ether oxygens (including phenoxy) is 1. The summed E-state index contributed by atoms with van der Waals surface area (Å²) in [6.07, 6.45) is 5.00. The molecule has 1 heterocycles. The monoisotopic (exact) mass is 446 g/mol. The van der Waals surface area contributed by atoms with E-state index in [9.17, 15) is 9.59 Å². The predicted octanol–water partition coefficient (Wildman–Crippen LogP) is 6.27. The van der Waals surface area contributed by atoms with Gasteiger partial charge in [0.2, 0.25) is 5.91 Å². The molecule has 0 saturated carbocycles. The van der Waals surface area contributed by atoms with E-state index >= 15 is 0 Å². The Balaban J connectivity index is 1.90. The van der Waals surface area contributed by atoms with Crippen molar-refractivity contribution in [3.05, 3.63) is 65.9 Å². The van der Waals surface area contributed by atoms with Crippen molar-refractivity contribution in [2.75, 3.05) is 16.8 Å². The van der Waals surface area contributed by atoms with Crippen LogP contribution >= 0.6 is 0 Å². The van der Waals surface area contributed by atoms with Gasteiger partial charge in [0.1, 0.15) is 11.5 Å². The van der Waals surface area contributed by atoms with Gasteiger partial charge >= 0.3 is 0 Å². The lowest BCUT2D eigenvalue weighted by molar-refractivity contribution is -0.125. The molecular formula is C28H34N2O3. The smallest absolute Gasteiger partial charge is 0.227 e. The third-order valence-corrected chi connectivity index (χ3v) is 6.43. The molecule has 2 atom stereocenters. The van der Waals surface area contributed by atoms with E-state index in [2.05, 4.69) is 32.2 Å². The number of nitrogens with zero attached hydrogens (tertiary/aromatic N) is 1. The van der Waals surface area contributed by atoms with Gasteiger partial charge < -0.3 is 15.0 Å². The van der Waals surface area contributed by atoms with Crippen LogP contribution in [0.1, 0.15) is 65.0 Å². The van der Waals surface area contributed by atoms with Gasteiger partial charge in [0, 0.05) is 18.5 Å². The highest BCUT2D eigenvalue weighted by molar-refractivity contribution is 6.01. The molecule has 33 heavy (non-hydrogen) atoms. The first-order chi connectivity index (χ1) is 15.8. The van der Waals surface area contributed by atoms with Crippen LogP contribution in [0, 0.1) is 11.3 Å².